The van der Waals surface area contributed by atoms with Crippen LogP contribution >= 0.6 is 12.2 Å². The Balaban J connectivity index is 2.98. The largest absolute Gasteiger partial charge is 0.369 e. The Kier molecular flexibility index (Phi) is 1.28. The number of aromatic nitrogens is 4. The van der Waals surface area contributed by atoms with Crippen molar-refractivity contribution in [3.63, 3.8) is 0 Å². The standard InChI is InChI=1S/C5H6N6S/c6-4-8-1-2(9-4)10-5(7)11-3(1)12/h(H6,6,7,8,9,10,11,12). The molecule has 2 aromatic rings. The van der Waals surface area contributed by atoms with Crippen LogP contribution in [0.1, 0.15) is 0 Å². The zero-order valence-corrected chi connectivity index (χ0v) is 6.77. The Morgan fingerprint density at radius 2 is 1.75 bits per heavy atom. The third-order valence-electron chi connectivity index (χ3n) is 1.40. The van der Waals surface area contributed by atoms with Crippen molar-refractivity contribution in [3.8, 4) is 0 Å². The van der Waals surface area contributed by atoms with Gasteiger partial charge in [-0.3, -0.25) is 0 Å². The Morgan fingerprint density at radius 3 is 2.50 bits per heavy atom. The number of imidazole rings is 1. The molecule has 0 radical (unpaired) electrons. The Labute approximate surface area is 72.0 Å². The van der Waals surface area contributed by atoms with Crippen molar-refractivity contribution >= 4 is 35.3 Å². The second kappa shape index (κ2) is 2.18. The van der Waals surface area contributed by atoms with Gasteiger partial charge in [0.05, 0.1) is 0 Å². The molecule has 6 nitrogen and oxygen atoms in total. The van der Waals surface area contributed by atoms with Gasteiger partial charge in [0.2, 0.25) is 5.95 Å². The molecule has 0 aliphatic heterocycles. The van der Waals surface area contributed by atoms with Crippen molar-refractivity contribution < 1.29 is 0 Å². The van der Waals surface area contributed by atoms with Crippen molar-refractivity contribution in [2.45, 2.75) is 0 Å². The first kappa shape index (κ1) is 7.04. The molecule has 6 N–H and O–H groups in total. The van der Waals surface area contributed by atoms with Crippen LogP contribution in [-0.2, 0) is 0 Å². The topological polar surface area (TPSA) is 109 Å². The maximum atomic E-state index is 5.41. The number of aromatic amines is 2. The predicted octanol–water partition coefficient (Wildman–Crippen LogP) is 0.180. The van der Waals surface area contributed by atoms with Gasteiger partial charge in [-0.1, -0.05) is 12.2 Å². The van der Waals surface area contributed by atoms with Crippen molar-refractivity contribution in [2.24, 2.45) is 0 Å². The maximum Gasteiger partial charge on any atom is 0.200 e. The Bertz CT molecular complexity index is 482. The molecule has 2 rings (SSSR count). The van der Waals surface area contributed by atoms with Crippen LogP contribution < -0.4 is 11.5 Å². The van der Waals surface area contributed by atoms with E-state index in [-0.39, 0.29) is 5.95 Å². The first-order chi connectivity index (χ1) is 5.66. The number of H-pyrrole nitrogens is 2. The lowest BCUT2D eigenvalue weighted by Crippen LogP contribution is -1.94. The summed E-state index contributed by atoms with van der Waals surface area (Å²) in [6, 6.07) is 0. The van der Waals surface area contributed by atoms with Crippen LogP contribution in [0.3, 0.4) is 0 Å². The summed E-state index contributed by atoms with van der Waals surface area (Å²) >= 11 is 4.92. The molecule has 0 aliphatic carbocycles. The lowest BCUT2D eigenvalue weighted by molar-refractivity contribution is 1.20. The minimum absolute atomic E-state index is 0.235. The number of nitrogens with two attached hydrogens (primary N) is 2. The summed E-state index contributed by atoms with van der Waals surface area (Å²) in [5.41, 5.74) is 12.0. The molecule has 0 atom stereocenters. The lowest BCUT2D eigenvalue weighted by Gasteiger charge is -1.91. The van der Waals surface area contributed by atoms with Gasteiger partial charge in [-0.15, -0.1) is 0 Å². The minimum Gasteiger partial charge on any atom is -0.369 e. The zero-order valence-electron chi connectivity index (χ0n) is 5.96. The smallest absolute Gasteiger partial charge is 0.200 e. The van der Waals surface area contributed by atoms with Crippen molar-refractivity contribution in [3.05, 3.63) is 4.64 Å². The van der Waals surface area contributed by atoms with Crippen molar-refractivity contribution in [1.29, 1.82) is 0 Å². The molecule has 7 heteroatoms. The van der Waals surface area contributed by atoms with Crippen LogP contribution in [0, 0.1) is 4.64 Å². The molecular formula is C5H6N6S. The van der Waals surface area contributed by atoms with E-state index in [1.54, 1.807) is 0 Å². The number of nitrogen functional groups attached to an aromatic ring is 2. The summed E-state index contributed by atoms with van der Waals surface area (Å²) in [5, 5.41) is 0. The number of rotatable bonds is 0. The predicted molar refractivity (Wildman–Crippen MR) is 47.9 cm³/mol. The monoisotopic (exact) mass is 182 g/mol. The quantitative estimate of drug-likeness (QED) is 0.434. The fourth-order valence-electron chi connectivity index (χ4n) is 0.951. The highest BCUT2D eigenvalue weighted by Crippen LogP contribution is 2.10. The molecule has 0 unspecified atom stereocenters. The number of fused-ring (bicyclic) bond motifs is 1. The minimum atomic E-state index is 0.235. The van der Waals surface area contributed by atoms with Gasteiger partial charge >= 0.3 is 0 Å². The van der Waals surface area contributed by atoms with Crippen molar-refractivity contribution in [1.82, 2.24) is 19.9 Å². The van der Waals surface area contributed by atoms with Gasteiger partial charge < -0.3 is 21.4 Å². The molecule has 0 aromatic carbocycles. The third kappa shape index (κ3) is 0.909. The molecule has 62 valence electrons. The molecule has 0 bridgehead atoms. The van der Waals surface area contributed by atoms with Gasteiger partial charge in [-0.05, 0) is 0 Å². The van der Waals surface area contributed by atoms with E-state index in [1.807, 2.05) is 0 Å². The van der Waals surface area contributed by atoms with Crippen LogP contribution in [0.15, 0.2) is 0 Å². The molecule has 2 heterocycles. The molecule has 0 saturated heterocycles. The number of nitrogens with zero attached hydrogens (tertiary/aromatic N) is 2. The highest BCUT2D eigenvalue weighted by molar-refractivity contribution is 7.71. The van der Waals surface area contributed by atoms with Crippen molar-refractivity contribution in [2.75, 3.05) is 11.5 Å². The molecule has 0 amide bonds. The summed E-state index contributed by atoms with van der Waals surface area (Å²) < 4.78 is 0.366. The first-order valence-electron chi connectivity index (χ1n) is 3.18. The summed E-state index contributed by atoms with van der Waals surface area (Å²) in [5.74, 6) is 0.527. The number of hydrogen-bond donors (Lipinski definition) is 4. The van der Waals surface area contributed by atoms with Gasteiger partial charge in [0.1, 0.15) is 5.52 Å². The fourth-order valence-corrected chi connectivity index (χ4v) is 1.20. The highest BCUT2D eigenvalue weighted by atomic mass is 32.1. The Morgan fingerprint density at radius 1 is 1.08 bits per heavy atom. The molecule has 0 aliphatic rings. The molecule has 0 spiro atoms. The van der Waals surface area contributed by atoms with Crippen LogP contribution in [0.5, 0.6) is 0 Å². The van der Waals surface area contributed by atoms with E-state index in [0.29, 0.717) is 21.8 Å². The summed E-state index contributed by atoms with van der Waals surface area (Å²) in [6.45, 7) is 0. The Hall–Kier alpha value is -1.63. The van der Waals surface area contributed by atoms with E-state index in [1.165, 1.54) is 0 Å². The van der Waals surface area contributed by atoms with E-state index in [2.05, 4.69) is 19.9 Å². The summed E-state index contributed by atoms with van der Waals surface area (Å²) in [6.07, 6.45) is 0. The van der Waals surface area contributed by atoms with Gasteiger partial charge in [0, 0.05) is 0 Å². The summed E-state index contributed by atoms with van der Waals surface area (Å²) in [4.78, 5) is 13.2. The molecule has 0 saturated carbocycles. The van der Waals surface area contributed by atoms with Crippen LogP contribution in [0.4, 0.5) is 11.9 Å². The van der Waals surface area contributed by atoms with Gasteiger partial charge in [0.25, 0.3) is 0 Å². The van der Waals surface area contributed by atoms with Gasteiger partial charge in [-0.25, -0.2) is 4.98 Å². The van der Waals surface area contributed by atoms with E-state index < -0.39 is 0 Å². The number of nitrogens with one attached hydrogen (secondary N) is 2. The van der Waals surface area contributed by atoms with Gasteiger partial charge in [0.15, 0.2) is 16.2 Å². The molecule has 0 fully saturated rings. The van der Waals surface area contributed by atoms with E-state index in [9.17, 15) is 0 Å². The second-order valence-corrected chi connectivity index (χ2v) is 2.66. The molecule has 12 heavy (non-hydrogen) atoms. The maximum absolute atomic E-state index is 5.41. The normalized spacial score (nSPS) is 10.7. The summed E-state index contributed by atoms with van der Waals surface area (Å²) in [7, 11) is 0. The number of anilines is 2. The van der Waals surface area contributed by atoms with Crippen LogP contribution in [0.2, 0.25) is 0 Å². The SMILES string of the molecule is Nc1nc(=S)c2[nH]c(N)nc2[nH]1. The first-order valence-corrected chi connectivity index (χ1v) is 3.58. The molecule has 2 aromatic heterocycles. The zero-order chi connectivity index (χ0) is 8.72. The van der Waals surface area contributed by atoms with Crippen LogP contribution in [-0.4, -0.2) is 19.9 Å². The van der Waals surface area contributed by atoms with Gasteiger partial charge in [-0.2, -0.15) is 4.98 Å². The van der Waals surface area contributed by atoms with E-state index in [4.69, 9.17) is 23.7 Å². The highest BCUT2D eigenvalue weighted by Gasteiger charge is 2.02. The van der Waals surface area contributed by atoms with E-state index >= 15 is 0 Å². The lowest BCUT2D eigenvalue weighted by atomic mass is 10.6. The third-order valence-corrected chi connectivity index (χ3v) is 1.70. The average Bonchev–Trinajstić information content (AvgIpc) is 2.29. The average molecular weight is 182 g/mol. The fraction of sp³-hybridized carbons (Fsp3) is 0. The second-order valence-electron chi connectivity index (χ2n) is 2.27. The number of hydrogen-bond acceptors (Lipinski definition) is 5. The molecular weight excluding hydrogens is 176 g/mol. The van der Waals surface area contributed by atoms with E-state index in [0.717, 1.165) is 0 Å². The van der Waals surface area contributed by atoms with Crippen LogP contribution in [0.25, 0.3) is 11.2 Å².